The van der Waals surface area contributed by atoms with Crippen molar-refractivity contribution in [2.24, 2.45) is 11.1 Å². The molecule has 1 saturated carbocycles. The summed E-state index contributed by atoms with van der Waals surface area (Å²) in [7, 11) is 0. The third-order valence-electron chi connectivity index (χ3n) is 4.23. The maximum absolute atomic E-state index is 12.5. The topological polar surface area (TPSA) is 104 Å². The van der Waals surface area contributed by atoms with Crippen molar-refractivity contribution >= 4 is 11.9 Å². The number of nitrogens with two attached hydrogens (primary N) is 1. The van der Waals surface area contributed by atoms with Crippen LogP contribution in [0.15, 0.2) is 0 Å². The molecule has 2 fully saturated rings. The Bertz CT molecular complexity index is 352. The fourth-order valence-electron chi connectivity index (χ4n) is 3.13. The number of amides is 1. The molecule has 0 spiro atoms. The quantitative estimate of drug-likeness (QED) is 0.634. The molecule has 1 amide bonds. The minimum atomic E-state index is -1.05. The van der Waals surface area contributed by atoms with Crippen LogP contribution in [-0.4, -0.2) is 52.2 Å². The van der Waals surface area contributed by atoms with Crippen LogP contribution < -0.4 is 5.73 Å². The Morgan fingerprint density at radius 2 is 1.94 bits per heavy atom. The van der Waals surface area contributed by atoms with Gasteiger partial charge in [-0.15, -0.1) is 0 Å². The zero-order chi connectivity index (χ0) is 13.3. The van der Waals surface area contributed by atoms with Crippen molar-refractivity contribution in [2.75, 3.05) is 13.1 Å². The summed E-state index contributed by atoms with van der Waals surface area (Å²) in [5.41, 5.74) is 5.14. The number of rotatable bonds is 3. The van der Waals surface area contributed by atoms with Gasteiger partial charge < -0.3 is 20.8 Å². The van der Waals surface area contributed by atoms with Gasteiger partial charge in [0, 0.05) is 19.5 Å². The number of carbonyl (C=O) groups is 2. The second kappa shape index (κ2) is 4.85. The largest absolute Gasteiger partial charge is 0.480 e. The Morgan fingerprint density at radius 3 is 2.44 bits per heavy atom. The van der Waals surface area contributed by atoms with E-state index in [1.54, 1.807) is 0 Å². The van der Waals surface area contributed by atoms with Gasteiger partial charge in [0.2, 0.25) is 5.91 Å². The van der Waals surface area contributed by atoms with E-state index < -0.39 is 23.5 Å². The van der Waals surface area contributed by atoms with E-state index in [1.807, 2.05) is 0 Å². The zero-order valence-electron chi connectivity index (χ0n) is 10.3. The molecule has 6 nitrogen and oxygen atoms in total. The van der Waals surface area contributed by atoms with Crippen molar-refractivity contribution < 1.29 is 19.8 Å². The lowest BCUT2D eigenvalue weighted by Crippen LogP contribution is -2.50. The Balaban J connectivity index is 2.19. The molecule has 0 aromatic rings. The normalized spacial score (nSPS) is 30.7. The first kappa shape index (κ1) is 13.3. The molecule has 0 bridgehead atoms. The molecule has 2 unspecified atom stereocenters. The van der Waals surface area contributed by atoms with E-state index in [9.17, 15) is 14.7 Å². The summed E-state index contributed by atoms with van der Waals surface area (Å²) in [6.45, 7) is 0.363. The minimum absolute atomic E-state index is 0.109. The summed E-state index contributed by atoms with van der Waals surface area (Å²) in [5.74, 6) is -1.24. The number of aliphatic carboxylic acids is 1. The summed E-state index contributed by atoms with van der Waals surface area (Å²) in [6.07, 6.45) is 2.73. The third kappa shape index (κ3) is 2.10. The van der Waals surface area contributed by atoms with Gasteiger partial charge in [0.1, 0.15) is 6.04 Å². The molecule has 2 aliphatic rings. The monoisotopic (exact) mass is 256 g/mol. The number of carbonyl (C=O) groups excluding carboxylic acids is 1. The first-order valence-electron chi connectivity index (χ1n) is 6.42. The first-order valence-corrected chi connectivity index (χ1v) is 6.42. The van der Waals surface area contributed by atoms with Crippen LogP contribution in [0.25, 0.3) is 0 Å². The number of likely N-dealkylation sites (tertiary alicyclic amines) is 1. The van der Waals surface area contributed by atoms with Gasteiger partial charge in [0.15, 0.2) is 0 Å². The van der Waals surface area contributed by atoms with E-state index in [1.165, 1.54) is 4.90 Å². The van der Waals surface area contributed by atoms with Crippen LogP contribution in [0.1, 0.15) is 32.1 Å². The average Bonchev–Trinajstić information content (AvgIpc) is 2.95. The van der Waals surface area contributed by atoms with E-state index in [0.29, 0.717) is 0 Å². The molecule has 2 atom stereocenters. The fourth-order valence-corrected chi connectivity index (χ4v) is 3.13. The molecule has 1 saturated heterocycles. The van der Waals surface area contributed by atoms with E-state index in [4.69, 9.17) is 10.8 Å². The van der Waals surface area contributed by atoms with Gasteiger partial charge in [0.05, 0.1) is 11.5 Å². The summed E-state index contributed by atoms with van der Waals surface area (Å²) >= 11 is 0. The molecule has 2 rings (SSSR count). The molecule has 18 heavy (non-hydrogen) atoms. The van der Waals surface area contributed by atoms with Crippen molar-refractivity contribution in [3.05, 3.63) is 0 Å². The Hall–Kier alpha value is -1.14. The Kier molecular flexibility index (Phi) is 3.59. The van der Waals surface area contributed by atoms with E-state index in [0.717, 1.165) is 25.7 Å². The van der Waals surface area contributed by atoms with Gasteiger partial charge in [-0.2, -0.15) is 0 Å². The number of aliphatic hydroxyl groups is 1. The average molecular weight is 256 g/mol. The number of carboxylic acids is 1. The highest BCUT2D eigenvalue weighted by Gasteiger charge is 2.48. The molecule has 1 aliphatic heterocycles. The van der Waals surface area contributed by atoms with Crippen molar-refractivity contribution in [3.8, 4) is 0 Å². The summed E-state index contributed by atoms with van der Waals surface area (Å²) in [4.78, 5) is 25.0. The van der Waals surface area contributed by atoms with Gasteiger partial charge in [-0.1, -0.05) is 12.8 Å². The van der Waals surface area contributed by atoms with Crippen LogP contribution in [0, 0.1) is 5.41 Å². The molecule has 0 aromatic heterocycles. The van der Waals surface area contributed by atoms with Crippen molar-refractivity contribution in [2.45, 2.75) is 44.2 Å². The number of nitrogens with zero attached hydrogens (tertiary/aromatic N) is 1. The first-order chi connectivity index (χ1) is 8.50. The number of hydrogen-bond acceptors (Lipinski definition) is 4. The van der Waals surface area contributed by atoms with Crippen LogP contribution in [0.5, 0.6) is 0 Å². The van der Waals surface area contributed by atoms with Gasteiger partial charge in [-0.25, -0.2) is 4.79 Å². The highest BCUT2D eigenvalue weighted by molar-refractivity contribution is 5.88. The zero-order valence-corrected chi connectivity index (χ0v) is 10.3. The van der Waals surface area contributed by atoms with Crippen LogP contribution in [0.4, 0.5) is 0 Å². The maximum atomic E-state index is 12.5. The lowest BCUT2D eigenvalue weighted by atomic mass is 9.84. The third-order valence-corrected chi connectivity index (χ3v) is 4.23. The summed E-state index contributed by atoms with van der Waals surface area (Å²) < 4.78 is 0. The highest BCUT2D eigenvalue weighted by Crippen LogP contribution is 2.40. The molecular formula is C12H20N2O4. The molecule has 0 aromatic carbocycles. The number of β-amino-alcohol motifs (C(OH)–C–C–N with tert-alkyl or cyclic N) is 1. The predicted octanol–water partition coefficient (Wildman–Crippen LogP) is -0.448. The summed E-state index contributed by atoms with van der Waals surface area (Å²) in [6, 6.07) is -0.906. The van der Waals surface area contributed by atoms with Crippen molar-refractivity contribution in [1.29, 1.82) is 0 Å². The number of hydrogen-bond donors (Lipinski definition) is 3. The van der Waals surface area contributed by atoms with E-state index >= 15 is 0 Å². The fraction of sp³-hybridized carbons (Fsp3) is 0.833. The standard InChI is InChI=1S/C12H20N2O4/c13-7-12(3-1-2-4-12)11(18)14-6-8(15)5-9(14)10(16)17/h8-9,15H,1-7,13H2,(H,16,17). The van der Waals surface area contributed by atoms with Crippen LogP contribution in [-0.2, 0) is 9.59 Å². The molecule has 102 valence electrons. The molecule has 1 aliphatic carbocycles. The van der Waals surface area contributed by atoms with Gasteiger partial charge >= 0.3 is 5.97 Å². The van der Waals surface area contributed by atoms with Gasteiger partial charge in [-0.05, 0) is 12.8 Å². The SMILES string of the molecule is NCC1(C(=O)N2CC(O)CC2C(=O)O)CCCC1. The van der Waals surface area contributed by atoms with E-state index in [-0.39, 0.29) is 25.4 Å². The Morgan fingerprint density at radius 1 is 1.33 bits per heavy atom. The van der Waals surface area contributed by atoms with Crippen LogP contribution in [0.2, 0.25) is 0 Å². The van der Waals surface area contributed by atoms with E-state index in [2.05, 4.69) is 0 Å². The van der Waals surface area contributed by atoms with Crippen LogP contribution in [0.3, 0.4) is 0 Å². The second-order valence-electron chi connectivity index (χ2n) is 5.39. The van der Waals surface area contributed by atoms with Crippen molar-refractivity contribution in [3.63, 3.8) is 0 Å². The number of aliphatic hydroxyl groups excluding tert-OH is 1. The maximum Gasteiger partial charge on any atom is 0.326 e. The smallest absolute Gasteiger partial charge is 0.326 e. The minimum Gasteiger partial charge on any atom is -0.480 e. The predicted molar refractivity (Wildman–Crippen MR) is 63.7 cm³/mol. The van der Waals surface area contributed by atoms with Crippen molar-refractivity contribution in [1.82, 2.24) is 4.90 Å². The number of carboxylic acid groups (broad SMARTS) is 1. The molecular weight excluding hydrogens is 236 g/mol. The molecule has 1 heterocycles. The molecule has 6 heteroatoms. The van der Waals surface area contributed by atoms with Gasteiger partial charge in [0.25, 0.3) is 0 Å². The second-order valence-corrected chi connectivity index (χ2v) is 5.39. The molecule has 4 N–H and O–H groups in total. The van der Waals surface area contributed by atoms with Crippen LogP contribution >= 0.6 is 0 Å². The van der Waals surface area contributed by atoms with Gasteiger partial charge in [-0.3, -0.25) is 4.79 Å². The lowest BCUT2D eigenvalue weighted by molar-refractivity contribution is -0.152. The highest BCUT2D eigenvalue weighted by atomic mass is 16.4. The molecule has 0 radical (unpaired) electrons. The summed E-state index contributed by atoms with van der Waals surface area (Å²) in [5, 5.41) is 18.7. The lowest BCUT2D eigenvalue weighted by Gasteiger charge is -2.33. The Labute approximate surface area is 106 Å².